The zero-order valence-electron chi connectivity index (χ0n) is 49.5. The summed E-state index contributed by atoms with van der Waals surface area (Å²) in [6.45, 7) is 5.97. The van der Waals surface area contributed by atoms with Gasteiger partial charge in [-0.2, -0.15) is 0 Å². The molecule has 0 bridgehead atoms. The molecular formula is C70H76O17. The fourth-order valence-corrected chi connectivity index (χ4v) is 11.3. The second-order valence-electron chi connectivity index (χ2n) is 21.9. The second-order valence-corrected chi connectivity index (χ2v) is 21.9. The van der Waals surface area contributed by atoms with Gasteiger partial charge in [-0.3, -0.25) is 4.79 Å². The molecule has 0 radical (unpaired) electrons. The molecule has 87 heavy (non-hydrogen) atoms. The highest BCUT2D eigenvalue weighted by atomic mass is 16.8. The molecule has 7 aromatic rings. The highest BCUT2D eigenvalue weighted by Crippen LogP contribution is 2.42. The van der Waals surface area contributed by atoms with E-state index in [9.17, 15) is 4.79 Å². The molecule has 4 heterocycles. The van der Waals surface area contributed by atoms with E-state index in [1.807, 2.05) is 214 Å². The van der Waals surface area contributed by atoms with Gasteiger partial charge in [0.25, 0.3) is 0 Å². The van der Waals surface area contributed by atoms with Crippen LogP contribution >= 0.6 is 0 Å². The van der Waals surface area contributed by atoms with Crippen LogP contribution in [0.15, 0.2) is 200 Å². The Morgan fingerprint density at radius 2 is 0.793 bits per heavy atom. The summed E-state index contributed by atoms with van der Waals surface area (Å²) in [5.41, 5.74) is 5.25. The third-order valence-corrected chi connectivity index (χ3v) is 15.7. The van der Waals surface area contributed by atoms with Crippen LogP contribution in [0.2, 0.25) is 0 Å². The summed E-state index contributed by atoms with van der Waals surface area (Å²) in [6, 6.07) is 63.7. The predicted molar refractivity (Wildman–Crippen MR) is 318 cm³/mol. The molecule has 4 fully saturated rings. The minimum absolute atomic E-state index is 0.0446. The minimum Gasteiger partial charge on any atom is -0.497 e. The largest absolute Gasteiger partial charge is 0.497 e. The van der Waals surface area contributed by atoms with Crippen LogP contribution < -0.4 is 14.2 Å². The van der Waals surface area contributed by atoms with Crippen molar-refractivity contribution < 1.29 is 80.6 Å². The van der Waals surface area contributed by atoms with E-state index in [4.69, 9.17) is 75.8 Å². The lowest BCUT2D eigenvalue weighted by Crippen LogP contribution is -2.68. The summed E-state index contributed by atoms with van der Waals surface area (Å²) in [5, 5.41) is 0. The van der Waals surface area contributed by atoms with Crippen LogP contribution in [0.1, 0.15) is 60.4 Å². The summed E-state index contributed by atoms with van der Waals surface area (Å²) >= 11 is 0. The van der Waals surface area contributed by atoms with Crippen molar-refractivity contribution in [2.45, 2.75) is 152 Å². The van der Waals surface area contributed by atoms with Gasteiger partial charge >= 0.3 is 5.97 Å². The summed E-state index contributed by atoms with van der Waals surface area (Å²) in [4.78, 5) is 13.6. The number of hydrogen-bond acceptors (Lipinski definition) is 17. The number of benzene rings is 7. The zero-order valence-corrected chi connectivity index (χ0v) is 49.5. The van der Waals surface area contributed by atoms with Gasteiger partial charge in [0.05, 0.1) is 66.1 Å². The molecule has 0 unspecified atom stereocenters. The zero-order chi connectivity index (χ0) is 59.9. The maximum atomic E-state index is 13.6. The highest BCUT2D eigenvalue weighted by molar-refractivity contribution is 5.66. The Balaban J connectivity index is 0.996. The molecule has 4 aliphatic heterocycles. The molecule has 17 nitrogen and oxygen atoms in total. The first-order valence-electron chi connectivity index (χ1n) is 29.6. The van der Waals surface area contributed by atoms with Gasteiger partial charge in [0.15, 0.2) is 25.0 Å². The summed E-state index contributed by atoms with van der Waals surface area (Å²) in [5.74, 6) is 1.26. The predicted octanol–water partition coefficient (Wildman–Crippen LogP) is 11.0. The lowest BCUT2D eigenvalue weighted by atomic mass is 9.94. The topological polar surface area (TPSA) is 165 Å². The Morgan fingerprint density at radius 1 is 0.402 bits per heavy atom. The van der Waals surface area contributed by atoms with Crippen molar-refractivity contribution in [2.75, 3.05) is 20.8 Å². The smallest absolute Gasteiger partial charge is 0.303 e. The first-order valence-corrected chi connectivity index (χ1v) is 29.6. The third kappa shape index (κ3) is 16.0. The normalized spacial score (nSPS) is 28.8. The van der Waals surface area contributed by atoms with Crippen LogP contribution in [0.4, 0.5) is 0 Å². The van der Waals surface area contributed by atoms with E-state index in [1.54, 1.807) is 14.2 Å². The van der Waals surface area contributed by atoms with E-state index in [1.165, 1.54) is 6.92 Å². The summed E-state index contributed by atoms with van der Waals surface area (Å²) in [7, 11) is 3.22. The molecule has 17 heteroatoms. The first-order chi connectivity index (χ1) is 42.7. The van der Waals surface area contributed by atoms with Crippen molar-refractivity contribution >= 4 is 5.97 Å². The average Bonchev–Trinajstić information content (AvgIpc) is 2.14. The Kier molecular flexibility index (Phi) is 21.4. The molecule has 7 aromatic carbocycles. The Labute approximate surface area is 508 Å². The van der Waals surface area contributed by atoms with Crippen LogP contribution in [0.25, 0.3) is 0 Å². The number of esters is 1. The summed E-state index contributed by atoms with van der Waals surface area (Å²) < 4.78 is 108. The number of carbonyl (C=O) groups excluding carboxylic acids is 1. The second kappa shape index (κ2) is 30.2. The van der Waals surface area contributed by atoms with Crippen molar-refractivity contribution in [2.24, 2.45) is 0 Å². The van der Waals surface area contributed by atoms with Gasteiger partial charge in [0.1, 0.15) is 72.2 Å². The van der Waals surface area contributed by atoms with E-state index in [-0.39, 0.29) is 39.6 Å². The quantitative estimate of drug-likeness (QED) is 0.0496. The van der Waals surface area contributed by atoms with Gasteiger partial charge in [-0.1, -0.05) is 164 Å². The number of fused-ring (bicyclic) bond motifs is 1. The van der Waals surface area contributed by atoms with Crippen molar-refractivity contribution in [1.82, 2.24) is 0 Å². The van der Waals surface area contributed by atoms with E-state index >= 15 is 0 Å². The molecule has 0 amide bonds. The van der Waals surface area contributed by atoms with Crippen molar-refractivity contribution in [3.8, 4) is 17.2 Å². The van der Waals surface area contributed by atoms with Crippen LogP contribution in [0.3, 0.4) is 0 Å². The Morgan fingerprint density at radius 3 is 1.29 bits per heavy atom. The highest BCUT2D eigenvalue weighted by Gasteiger charge is 2.58. The molecule has 0 N–H and O–H groups in total. The number of methoxy groups -OCH3 is 2. The molecule has 458 valence electrons. The molecule has 16 atom stereocenters. The van der Waals surface area contributed by atoms with E-state index < -0.39 is 104 Å². The van der Waals surface area contributed by atoms with Crippen molar-refractivity contribution in [3.63, 3.8) is 0 Å². The van der Waals surface area contributed by atoms with E-state index in [0.717, 1.165) is 33.4 Å². The van der Waals surface area contributed by atoms with Crippen LogP contribution in [0, 0.1) is 0 Å². The lowest BCUT2D eigenvalue weighted by Gasteiger charge is -2.53. The minimum atomic E-state index is -1.32. The van der Waals surface area contributed by atoms with Gasteiger partial charge in [-0.15, -0.1) is 0 Å². The average molecular weight is 1190 g/mol. The molecule has 0 saturated carbocycles. The summed E-state index contributed by atoms with van der Waals surface area (Å²) in [6.07, 6.45) is -15.5. The van der Waals surface area contributed by atoms with E-state index in [0.29, 0.717) is 17.2 Å². The van der Waals surface area contributed by atoms with Gasteiger partial charge in [-0.25, -0.2) is 0 Å². The number of hydrogen-bond donors (Lipinski definition) is 0. The molecular weight excluding hydrogens is 1110 g/mol. The SMILES string of the molecule is COc1ccc(CO[C@@H]2[C@@H](OCc3ccccc3)[C@H](C)O[C@@H](O[C@@H]3[C@@H](OCc4ccccc4)[C@H](O[C@@H]4[C@@H](OCc5ccccc5)[C@H](C)O[C@@H](Oc5ccc(OC)cc5)[C@@H]4OCc4ccccc4)O[C@@H]4CO[C@@H](c5ccccc5)O[C@@H]34)[C@@H]2OC(C)=O)cc1. The maximum Gasteiger partial charge on any atom is 0.303 e. The molecule has 0 spiro atoms. The maximum absolute atomic E-state index is 13.6. The number of rotatable bonds is 25. The van der Waals surface area contributed by atoms with Crippen LogP contribution in [-0.2, 0) is 99.4 Å². The van der Waals surface area contributed by atoms with Crippen LogP contribution in [0.5, 0.6) is 17.2 Å². The third-order valence-electron chi connectivity index (χ3n) is 15.7. The molecule has 0 aromatic heterocycles. The van der Waals surface area contributed by atoms with Gasteiger partial charge < -0.3 is 75.8 Å². The standard InChI is InChI=1S/C70H76O17/c1-45-58(74-39-48-21-11-6-12-22-48)61(76-43-52-31-33-54(72-4)34-32-52)66(82-47(3)71)70(81-45)87-63-60-57(44-79-67(85-60)53-29-19-10-20-30-53)84-69(65(63)78-42-51-27-17-9-18-28-51)86-62-59(75-40-49-23-13-7-14-24-49)46(2)80-68(83-56-37-35-55(73-5)36-38-56)64(62)77-41-50-25-15-8-16-26-50/h6-38,45-46,57-70H,39-44H2,1-5H3/t45-,46-,57+,58-,59-,60+,61+,62+,63-,64+,65+,66+,67+,68-,69-,70-/m0/s1. The Hall–Kier alpha value is -7.07. The first kappa shape index (κ1) is 61.6. The van der Waals surface area contributed by atoms with Gasteiger partial charge in [-0.05, 0) is 78.1 Å². The molecule has 4 saturated heterocycles. The molecule has 4 aliphatic rings. The van der Waals surface area contributed by atoms with Crippen molar-refractivity contribution in [1.29, 1.82) is 0 Å². The van der Waals surface area contributed by atoms with E-state index in [2.05, 4.69) is 0 Å². The molecule has 11 rings (SSSR count). The number of ether oxygens (including phenoxy) is 16. The van der Waals surface area contributed by atoms with Crippen LogP contribution in [-0.4, -0.2) is 119 Å². The van der Waals surface area contributed by atoms with Gasteiger partial charge in [0, 0.05) is 12.5 Å². The molecule has 0 aliphatic carbocycles. The van der Waals surface area contributed by atoms with Gasteiger partial charge in [0.2, 0.25) is 6.29 Å². The monoisotopic (exact) mass is 1190 g/mol. The lowest BCUT2D eigenvalue weighted by molar-refractivity contribution is -0.411. The fraction of sp³-hybridized carbons (Fsp3) is 0.386. The number of carbonyl (C=O) groups is 1. The fourth-order valence-electron chi connectivity index (χ4n) is 11.3. The Bertz CT molecular complexity index is 3150. The van der Waals surface area contributed by atoms with Crippen molar-refractivity contribution in [3.05, 3.63) is 234 Å².